The molecular weight excluding hydrogens is 432 g/mol. The Morgan fingerprint density at radius 2 is 1.64 bits per heavy atom. The van der Waals surface area contributed by atoms with Gasteiger partial charge in [0.2, 0.25) is 0 Å². The second-order valence-corrected chi connectivity index (χ2v) is 13.4. The molecule has 0 bridgehead atoms. The largest absolute Gasteiger partial charge is 0.0983 e. The normalized spacial score (nSPS) is 22.0. The summed E-state index contributed by atoms with van der Waals surface area (Å²) in [5, 5.41) is 1.59. The summed E-state index contributed by atoms with van der Waals surface area (Å²) in [4.78, 5) is 3.05. The fourth-order valence-corrected chi connectivity index (χ4v) is 8.64. The molecule has 2 unspecified atom stereocenters. The predicted octanol–water partition coefficient (Wildman–Crippen LogP) is 9.03. The number of rotatable bonds is 4. The van der Waals surface area contributed by atoms with Gasteiger partial charge in [0.05, 0.1) is 9.52 Å². The van der Waals surface area contributed by atoms with Crippen LogP contribution in [0.2, 0.25) is 0 Å². The fraction of sp³-hybridized carbons (Fsp3) is 0.355. The lowest BCUT2D eigenvalue weighted by atomic mass is 9.86. The molecule has 0 saturated carbocycles. The van der Waals surface area contributed by atoms with Crippen LogP contribution in [0.15, 0.2) is 80.3 Å². The maximum atomic E-state index is 2.52. The van der Waals surface area contributed by atoms with Crippen LogP contribution in [0.5, 0.6) is 0 Å². The second kappa shape index (κ2) is 8.32. The molecule has 0 nitrogen and oxygen atoms in total. The van der Waals surface area contributed by atoms with Crippen LogP contribution in [-0.4, -0.2) is 9.52 Å². The highest BCUT2D eigenvalue weighted by atomic mass is 32.2. The number of allylic oxidation sites excluding steroid dienone is 7. The minimum atomic E-state index is 0.183. The molecule has 2 aromatic carbocycles. The Morgan fingerprint density at radius 3 is 2.27 bits per heavy atom. The Balaban J connectivity index is 1.50. The molecule has 0 saturated heterocycles. The first-order valence-corrected chi connectivity index (χ1v) is 14.1. The first kappa shape index (κ1) is 22.7. The average molecular weight is 467 g/mol. The fourth-order valence-electron chi connectivity index (χ4n) is 5.45. The highest BCUT2D eigenvalue weighted by Gasteiger charge is 2.35. The van der Waals surface area contributed by atoms with Crippen LogP contribution < -0.4 is 0 Å². The van der Waals surface area contributed by atoms with Crippen LogP contribution in [0, 0.1) is 5.92 Å². The van der Waals surface area contributed by atoms with Crippen molar-refractivity contribution in [2.75, 3.05) is 0 Å². The average Bonchev–Trinajstić information content (AvgIpc) is 3.39. The number of hydrogen-bond acceptors (Lipinski definition) is 1. The van der Waals surface area contributed by atoms with Crippen LogP contribution in [0.3, 0.4) is 0 Å². The van der Waals surface area contributed by atoms with E-state index in [9.17, 15) is 0 Å². The third-order valence-electron chi connectivity index (χ3n) is 7.61. The topological polar surface area (TPSA) is 0 Å². The minimum Gasteiger partial charge on any atom is -0.0983 e. The van der Waals surface area contributed by atoms with Gasteiger partial charge in [-0.3, -0.25) is 0 Å². The van der Waals surface area contributed by atoms with E-state index in [4.69, 9.17) is 0 Å². The standard InChI is InChI=1S/C31H34SSi/c1-8-21-16-26-24(22-12-14-23(15-13-22)31(5,6)7)10-9-11-25(26)30(21)33-28-17-27-29(19(28)3)18(2)20(4)32-27/h9-17,29-30H,8H2,1-7H3. The van der Waals surface area contributed by atoms with E-state index >= 15 is 0 Å². The molecule has 0 spiro atoms. The van der Waals surface area contributed by atoms with Gasteiger partial charge >= 0.3 is 0 Å². The van der Waals surface area contributed by atoms with Crippen LogP contribution >= 0.6 is 11.8 Å². The number of fused-ring (bicyclic) bond motifs is 2. The summed E-state index contributed by atoms with van der Waals surface area (Å²) in [6.07, 6.45) is 6.14. The first-order valence-electron chi connectivity index (χ1n) is 12.2. The van der Waals surface area contributed by atoms with Crippen molar-refractivity contribution in [2.45, 2.75) is 65.8 Å². The zero-order valence-electron chi connectivity index (χ0n) is 21.0. The Morgan fingerprint density at radius 1 is 0.909 bits per heavy atom. The Kier molecular flexibility index (Phi) is 5.74. The van der Waals surface area contributed by atoms with E-state index in [1.807, 2.05) is 11.8 Å². The van der Waals surface area contributed by atoms with Crippen LogP contribution in [-0.2, 0) is 5.41 Å². The summed E-state index contributed by atoms with van der Waals surface area (Å²) >= 11 is 1.99. The highest BCUT2D eigenvalue weighted by Crippen LogP contribution is 2.53. The van der Waals surface area contributed by atoms with Gasteiger partial charge in [-0.2, -0.15) is 0 Å². The van der Waals surface area contributed by atoms with Crippen molar-refractivity contribution in [1.82, 2.24) is 0 Å². The third kappa shape index (κ3) is 3.86. The van der Waals surface area contributed by atoms with E-state index in [0.717, 1.165) is 15.9 Å². The quantitative estimate of drug-likeness (QED) is 0.405. The van der Waals surface area contributed by atoms with E-state index in [0.29, 0.717) is 11.5 Å². The van der Waals surface area contributed by atoms with Gasteiger partial charge in [0.25, 0.3) is 0 Å². The lowest BCUT2D eigenvalue weighted by Crippen LogP contribution is -2.12. The van der Waals surface area contributed by atoms with Gasteiger partial charge < -0.3 is 0 Å². The maximum absolute atomic E-state index is 2.52. The van der Waals surface area contributed by atoms with Crippen molar-refractivity contribution >= 4 is 27.4 Å². The van der Waals surface area contributed by atoms with Crippen LogP contribution in [0.1, 0.15) is 77.1 Å². The van der Waals surface area contributed by atoms with Gasteiger partial charge in [-0.05, 0) is 65.3 Å². The summed E-state index contributed by atoms with van der Waals surface area (Å²) in [7, 11) is 0.808. The molecule has 1 heterocycles. The molecule has 33 heavy (non-hydrogen) atoms. The molecule has 2 atom stereocenters. The SMILES string of the molecule is CCC1=Cc2c(-c3ccc(C(C)(C)C)cc3)cccc2C1[Si]C1=C(C)C2C(=C1)SC(C)=C2C. The lowest BCUT2D eigenvalue weighted by Gasteiger charge is -2.20. The number of benzene rings is 2. The highest BCUT2D eigenvalue weighted by molar-refractivity contribution is 8.07. The van der Waals surface area contributed by atoms with Crippen LogP contribution in [0.25, 0.3) is 17.2 Å². The van der Waals surface area contributed by atoms with Gasteiger partial charge in [0.1, 0.15) is 0 Å². The monoisotopic (exact) mass is 466 g/mol. The zero-order chi connectivity index (χ0) is 23.5. The summed E-state index contributed by atoms with van der Waals surface area (Å²) in [5.74, 6) is 0.556. The van der Waals surface area contributed by atoms with Crippen molar-refractivity contribution in [3.8, 4) is 11.1 Å². The summed E-state index contributed by atoms with van der Waals surface area (Å²) in [5.41, 5.74) is 12.5. The summed E-state index contributed by atoms with van der Waals surface area (Å²) in [6.45, 7) is 16.1. The lowest BCUT2D eigenvalue weighted by molar-refractivity contribution is 0.590. The summed E-state index contributed by atoms with van der Waals surface area (Å²) in [6, 6.07) is 16.2. The second-order valence-electron chi connectivity index (χ2n) is 10.7. The molecule has 5 rings (SSSR count). The molecule has 2 aliphatic carbocycles. The molecule has 2 aromatic rings. The molecular formula is C31H34SSi. The predicted molar refractivity (Wildman–Crippen MR) is 148 cm³/mol. The molecule has 0 N–H and O–H groups in total. The van der Waals surface area contributed by atoms with Crippen molar-refractivity contribution in [2.24, 2.45) is 5.92 Å². The molecule has 1 aliphatic heterocycles. The zero-order valence-corrected chi connectivity index (χ0v) is 22.8. The van der Waals surface area contributed by atoms with Crippen molar-refractivity contribution in [3.05, 3.63) is 97.0 Å². The van der Waals surface area contributed by atoms with Gasteiger partial charge in [-0.15, -0.1) is 0 Å². The Bertz CT molecular complexity index is 1240. The third-order valence-corrected chi connectivity index (χ3v) is 10.6. The van der Waals surface area contributed by atoms with Gasteiger partial charge in [-0.25, -0.2) is 0 Å². The van der Waals surface area contributed by atoms with E-state index in [2.05, 4.69) is 103 Å². The molecule has 0 fully saturated rings. The first-order chi connectivity index (χ1) is 15.7. The molecule has 168 valence electrons. The van der Waals surface area contributed by atoms with E-state index in [1.165, 1.54) is 32.7 Å². The number of thioether (sulfide) groups is 1. The Hall–Kier alpha value is -2.03. The number of hydrogen-bond donors (Lipinski definition) is 0. The molecule has 3 aliphatic rings. The van der Waals surface area contributed by atoms with E-state index < -0.39 is 0 Å². The van der Waals surface area contributed by atoms with E-state index in [-0.39, 0.29) is 5.41 Å². The van der Waals surface area contributed by atoms with Gasteiger partial charge in [0.15, 0.2) is 0 Å². The van der Waals surface area contributed by atoms with Crippen molar-refractivity contribution < 1.29 is 0 Å². The van der Waals surface area contributed by atoms with E-state index in [1.54, 1.807) is 26.8 Å². The molecule has 0 amide bonds. The Labute approximate surface area is 206 Å². The summed E-state index contributed by atoms with van der Waals surface area (Å²) < 4.78 is 0. The van der Waals surface area contributed by atoms with Crippen molar-refractivity contribution in [3.63, 3.8) is 0 Å². The molecule has 0 aromatic heterocycles. The molecule has 2 heteroatoms. The van der Waals surface area contributed by atoms with Gasteiger partial charge in [0, 0.05) is 16.4 Å². The minimum absolute atomic E-state index is 0.183. The van der Waals surface area contributed by atoms with Gasteiger partial charge in [-0.1, -0.05) is 116 Å². The van der Waals surface area contributed by atoms with Crippen LogP contribution in [0.4, 0.5) is 0 Å². The van der Waals surface area contributed by atoms with Crippen molar-refractivity contribution in [1.29, 1.82) is 0 Å². The maximum Gasteiger partial charge on any atom is 0.0944 e. The smallest absolute Gasteiger partial charge is 0.0944 e. The molecule has 2 radical (unpaired) electrons.